The molecule has 0 bridgehead atoms. The van der Waals surface area contributed by atoms with Gasteiger partial charge in [0, 0.05) is 12.1 Å². The zero-order valence-corrected chi connectivity index (χ0v) is 9.67. The van der Waals surface area contributed by atoms with Crippen LogP contribution in [-0.2, 0) is 6.54 Å². The smallest absolute Gasteiger partial charge is 0.165 e. The molecule has 0 aliphatic carbocycles. The van der Waals surface area contributed by atoms with Crippen molar-refractivity contribution >= 4 is 0 Å². The highest BCUT2D eigenvalue weighted by Crippen LogP contribution is 2.31. The first-order chi connectivity index (χ1) is 7.33. The number of ether oxygens (including phenoxy) is 2. The van der Waals surface area contributed by atoms with Gasteiger partial charge in [-0.05, 0) is 27.0 Å². The van der Waals surface area contributed by atoms with Crippen LogP contribution in [0.5, 0.6) is 11.5 Å². The van der Waals surface area contributed by atoms with Gasteiger partial charge in [0.1, 0.15) is 0 Å². The van der Waals surface area contributed by atoms with E-state index in [2.05, 4.69) is 5.32 Å². The Hall–Kier alpha value is -1.22. The van der Waals surface area contributed by atoms with E-state index in [1.54, 1.807) is 0 Å². The lowest BCUT2D eigenvalue weighted by Crippen LogP contribution is -2.08. The molecule has 0 aliphatic heterocycles. The van der Waals surface area contributed by atoms with Crippen LogP contribution in [0, 0.1) is 0 Å². The first-order valence-electron chi connectivity index (χ1n) is 5.35. The van der Waals surface area contributed by atoms with Gasteiger partial charge in [-0.2, -0.15) is 0 Å². The van der Waals surface area contributed by atoms with Gasteiger partial charge in [-0.25, -0.2) is 0 Å². The molecule has 0 amide bonds. The zero-order valence-electron chi connectivity index (χ0n) is 9.67. The lowest BCUT2D eigenvalue weighted by molar-refractivity contribution is 0.285. The third-order valence-electron chi connectivity index (χ3n) is 2.02. The largest absolute Gasteiger partial charge is 0.490 e. The average molecular weight is 209 g/mol. The molecule has 0 atom stereocenters. The van der Waals surface area contributed by atoms with Crippen LogP contribution in [0.2, 0.25) is 0 Å². The van der Waals surface area contributed by atoms with E-state index in [-0.39, 0.29) is 0 Å². The Morgan fingerprint density at radius 1 is 1.13 bits per heavy atom. The van der Waals surface area contributed by atoms with Gasteiger partial charge in [0.05, 0.1) is 13.2 Å². The summed E-state index contributed by atoms with van der Waals surface area (Å²) >= 11 is 0. The van der Waals surface area contributed by atoms with Crippen LogP contribution < -0.4 is 14.8 Å². The van der Waals surface area contributed by atoms with Gasteiger partial charge in [0.25, 0.3) is 0 Å². The van der Waals surface area contributed by atoms with Crippen molar-refractivity contribution in [3.8, 4) is 11.5 Å². The number of rotatable bonds is 6. The Labute approximate surface area is 91.4 Å². The van der Waals surface area contributed by atoms with Crippen LogP contribution in [0.3, 0.4) is 0 Å². The number of nitrogens with one attached hydrogen (secondary N) is 1. The molecule has 0 fully saturated rings. The molecule has 0 aliphatic rings. The van der Waals surface area contributed by atoms with Crippen LogP contribution in [-0.4, -0.2) is 20.3 Å². The van der Waals surface area contributed by atoms with Gasteiger partial charge >= 0.3 is 0 Å². The summed E-state index contributed by atoms with van der Waals surface area (Å²) < 4.78 is 11.1. The summed E-state index contributed by atoms with van der Waals surface area (Å²) in [6.07, 6.45) is 0. The number of hydrogen-bond donors (Lipinski definition) is 1. The molecule has 0 saturated carbocycles. The number of hydrogen-bond acceptors (Lipinski definition) is 3. The van der Waals surface area contributed by atoms with E-state index in [0.29, 0.717) is 13.2 Å². The van der Waals surface area contributed by atoms with Gasteiger partial charge in [-0.15, -0.1) is 0 Å². The van der Waals surface area contributed by atoms with E-state index < -0.39 is 0 Å². The van der Waals surface area contributed by atoms with Crippen LogP contribution >= 0.6 is 0 Å². The van der Waals surface area contributed by atoms with Crippen molar-refractivity contribution in [1.82, 2.24) is 5.32 Å². The molecule has 1 rings (SSSR count). The molecule has 0 saturated heterocycles. The Morgan fingerprint density at radius 3 is 2.47 bits per heavy atom. The highest BCUT2D eigenvalue weighted by molar-refractivity contribution is 5.46. The molecule has 1 aromatic rings. The quantitative estimate of drug-likeness (QED) is 0.779. The van der Waals surface area contributed by atoms with Crippen molar-refractivity contribution in [2.24, 2.45) is 0 Å². The summed E-state index contributed by atoms with van der Waals surface area (Å²) in [6.45, 7) is 6.05. The summed E-state index contributed by atoms with van der Waals surface area (Å²) in [6, 6.07) is 5.97. The molecule has 3 nitrogen and oxygen atoms in total. The summed E-state index contributed by atoms with van der Waals surface area (Å²) in [5.74, 6) is 1.68. The first-order valence-corrected chi connectivity index (χ1v) is 5.35. The Kier molecular flexibility index (Phi) is 4.98. The first kappa shape index (κ1) is 11.9. The molecular weight excluding hydrogens is 190 g/mol. The van der Waals surface area contributed by atoms with Gasteiger partial charge in [-0.3, -0.25) is 0 Å². The van der Waals surface area contributed by atoms with Crippen LogP contribution in [0.4, 0.5) is 0 Å². The molecule has 0 unspecified atom stereocenters. The normalized spacial score (nSPS) is 10.1. The van der Waals surface area contributed by atoms with E-state index in [4.69, 9.17) is 9.47 Å². The second-order valence-electron chi connectivity index (χ2n) is 3.14. The second kappa shape index (κ2) is 6.30. The molecule has 0 radical (unpaired) electrons. The van der Waals surface area contributed by atoms with Crippen LogP contribution in [0.1, 0.15) is 19.4 Å². The van der Waals surface area contributed by atoms with Crippen molar-refractivity contribution in [3.05, 3.63) is 23.8 Å². The maximum Gasteiger partial charge on any atom is 0.165 e. The van der Waals surface area contributed by atoms with Gasteiger partial charge in [0.15, 0.2) is 11.5 Å². The summed E-state index contributed by atoms with van der Waals surface area (Å²) in [5, 5.41) is 3.12. The Bertz CT molecular complexity index is 275. The number of para-hydroxylation sites is 1. The molecule has 1 N–H and O–H groups in total. The second-order valence-corrected chi connectivity index (χ2v) is 3.14. The van der Waals surface area contributed by atoms with E-state index >= 15 is 0 Å². The fraction of sp³-hybridized carbons (Fsp3) is 0.500. The minimum atomic E-state index is 0.654. The van der Waals surface area contributed by atoms with Gasteiger partial charge in [0.2, 0.25) is 0 Å². The molecule has 0 spiro atoms. The zero-order chi connectivity index (χ0) is 11.1. The Morgan fingerprint density at radius 2 is 1.87 bits per heavy atom. The fourth-order valence-electron chi connectivity index (χ4n) is 1.47. The summed E-state index contributed by atoms with van der Waals surface area (Å²) in [4.78, 5) is 0. The molecule has 0 aromatic heterocycles. The minimum Gasteiger partial charge on any atom is -0.490 e. The monoisotopic (exact) mass is 209 g/mol. The maximum absolute atomic E-state index is 5.61. The topological polar surface area (TPSA) is 30.5 Å². The summed E-state index contributed by atoms with van der Waals surface area (Å²) in [7, 11) is 1.92. The van der Waals surface area contributed by atoms with Crippen molar-refractivity contribution in [1.29, 1.82) is 0 Å². The third-order valence-corrected chi connectivity index (χ3v) is 2.02. The molecule has 15 heavy (non-hydrogen) atoms. The van der Waals surface area contributed by atoms with E-state index in [0.717, 1.165) is 23.6 Å². The van der Waals surface area contributed by atoms with Gasteiger partial charge < -0.3 is 14.8 Å². The van der Waals surface area contributed by atoms with E-state index in [9.17, 15) is 0 Å². The molecule has 3 heteroatoms. The lowest BCUT2D eigenvalue weighted by atomic mass is 10.2. The Balaban J connectivity index is 2.97. The van der Waals surface area contributed by atoms with Gasteiger partial charge in [-0.1, -0.05) is 12.1 Å². The predicted molar refractivity (Wildman–Crippen MR) is 61.5 cm³/mol. The average Bonchev–Trinajstić information content (AvgIpc) is 2.23. The summed E-state index contributed by atoms with van der Waals surface area (Å²) in [5.41, 5.74) is 1.13. The van der Waals surface area contributed by atoms with Crippen molar-refractivity contribution in [3.63, 3.8) is 0 Å². The molecule has 1 aromatic carbocycles. The highest BCUT2D eigenvalue weighted by atomic mass is 16.5. The predicted octanol–water partition coefficient (Wildman–Crippen LogP) is 2.20. The third kappa shape index (κ3) is 3.13. The fourth-order valence-corrected chi connectivity index (χ4v) is 1.47. The van der Waals surface area contributed by atoms with Crippen LogP contribution in [0.15, 0.2) is 18.2 Å². The SMILES string of the molecule is CCOc1cccc(CNC)c1OCC. The van der Waals surface area contributed by atoms with Crippen molar-refractivity contribution < 1.29 is 9.47 Å². The maximum atomic E-state index is 5.61. The number of benzene rings is 1. The lowest BCUT2D eigenvalue weighted by Gasteiger charge is -2.14. The van der Waals surface area contributed by atoms with E-state index in [1.807, 2.05) is 39.1 Å². The standard InChI is InChI=1S/C12H19NO2/c1-4-14-11-8-6-7-10(9-13-3)12(11)15-5-2/h6-8,13H,4-5,9H2,1-3H3. The van der Waals surface area contributed by atoms with E-state index in [1.165, 1.54) is 0 Å². The molecular formula is C12H19NO2. The minimum absolute atomic E-state index is 0.654. The highest BCUT2D eigenvalue weighted by Gasteiger charge is 2.09. The van der Waals surface area contributed by atoms with Crippen molar-refractivity contribution in [2.75, 3.05) is 20.3 Å². The van der Waals surface area contributed by atoms with Crippen LogP contribution in [0.25, 0.3) is 0 Å². The molecule has 84 valence electrons. The molecule has 0 heterocycles. The van der Waals surface area contributed by atoms with Crippen molar-refractivity contribution in [2.45, 2.75) is 20.4 Å².